The third-order valence-corrected chi connectivity index (χ3v) is 4.60. The molecular formula is C17H25NO2. The van der Waals surface area contributed by atoms with Gasteiger partial charge >= 0.3 is 0 Å². The largest absolute Gasteiger partial charge is 0.376 e. The van der Waals surface area contributed by atoms with Crippen molar-refractivity contribution in [2.75, 3.05) is 26.4 Å². The molecule has 0 radical (unpaired) electrons. The molecule has 2 aliphatic rings. The summed E-state index contributed by atoms with van der Waals surface area (Å²) in [7, 11) is 0. The van der Waals surface area contributed by atoms with Crippen LogP contribution in [0.5, 0.6) is 0 Å². The number of ether oxygens (including phenoxy) is 2. The van der Waals surface area contributed by atoms with Crippen LogP contribution in [0.25, 0.3) is 0 Å². The van der Waals surface area contributed by atoms with Crippen molar-refractivity contribution in [2.24, 2.45) is 0 Å². The zero-order valence-corrected chi connectivity index (χ0v) is 12.5. The van der Waals surface area contributed by atoms with Gasteiger partial charge in [-0.05, 0) is 29.4 Å². The number of hydrogen-bond donors (Lipinski definition) is 1. The van der Waals surface area contributed by atoms with E-state index in [9.17, 15) is 0 Å². The van der Waals surface area contributed by atoms with Crippen molar-refractivity contribution in [3.8, 4) is 0 Å². The molecule has 0 saturated carbocycles. The van der Waals surface area contributed by atoms with Crippen LogP contribution in [0.4, 0.5) is 0 Å². The highest BCUT2D eigenvalue weighted by molar-refractivity contribution is 5.38. The van der Waals surface area contributed by atoms with E-state index >= 15 is 0 Å². The molecule has 1 aliphatic carbocycles. The molecule has 20 heavy (non-hydrogen) atoms. The van der Waals surface area contributed by atoms with E-state index < -0.39 is 0 Å². The van der Waals surface area contributed by atoms with Crippen LogP contribution < -0.4 is 5.32 Å². The Morgan fingerprint density at radius 1 is 1.25 bits per heavy atom. The van der Waals surface area contributed by atoms with Gasteiger partial charge in [-0.1, -0.05) is 38.1 Å². The Morgan fingerprint density at radius 2 is 2.10 bits per heavy atom. The van der Waals surface area contributed by atoms with Crippen molar-refractivity contribution in [1.29, 1.82) is 0 Å². The van der Waals surface area contributed by atoms with Crippen LogP contribution in [0.2, 0.25) is 0 Å². The van der Waals surface area contributed by atoms with Crippen molar-refractivity contribution in [2.45, 2.75) is 44.2 Å². The van der Waals surface area contributed by atoms with Crippen LogP contribution in [0.3, 0.4) is 0 Å². The molecule has 110 valence electrons. The summed E-state index contributed by atoms with van der Waals surface area (Å²) in [5, 5.41) is 3.68. The quantitative estimate of drug-likeness (QED) is 0.920. The minimum Gasteiger partial charge on any atom is -0.376 e. The minimum absolute atomic E-state index is 0.200. The molecule has 1 aromatic carbocycles. The first-order valence-corrected chi connectivity index (χ1v) is 7.69. The van der Waals surface area contributed by atoms with Gasteiger partial charge in [0.2, 0.25) is 0 Å². The Morgan fingerprint density at radius 3 is 2.90 bits per heavy atom. The van der Waals surface area contributed by atoms with Gasteiger partial charge in [-0.3, -0.25) is 0 Å². The van der Waals surface area contributed by atoms with Crippen molar-refractivity contribution in [1.82, 2.24) is 5.32 Å². The smallest absolute Gasteiger partial charge is 0.0933 e. The fraction of sp³-hybridized carbons (Fsp3) is 0.647. The highest BCUT2D eigenvalue weighted by atomic mass is 16.6. The molecule has 1 saturated heterocycles. The van der Waals surface area contributed by atoms with E-state index in [0.29, 0.717) is 18.1 Å². The molecular weight excluding hydrogens is 250 g/mol. The lowest BCUT2D eigenvalue weighted by atomic mass is 9.71. The standard InChI is InChI=1S/C17H25NO2/c1-17(2)8-7-16(14-5-3-4-6-15(14)17)18-11-13-12-19-9-10-20-13/h3-6,13,16,18H,7-12H2,1-2H3. The Hall–Kier alpha value is -0.900. The summed E-state index contributed by atoms with van der Waals surface area (Å²) in [6.07, 6.45) is 2.62. The Kier molecular flexibility index (Phi) is 4.11. The lowest BCUT2D eigenvalue weighted by molar-refractivity contribution is -0.0872. The minimum atomic E-state index is 0.200. The van der Waals surface area contributed by atoms with E-state index in [2.05, 4.69) is 43.4 Å². The van der Waals surface area contributed by atoms with E-state index in [4.69, 9.17) is 9.47 Å². The van der Waals surface area contributed by atoms with Gasteiger partial charge in [-0.25, -0.2) is 0 Å². The molecule has 1 aromatic rings. The Labute approximate surface area is 121 Å². The van der Waals surface area contributed by atoms with Crippen LogP contribution in [-0.2, 0) is 14.9 Å². The second kappa shape index (κ2) is 5.84. The first-order chi connectivity index (χ1) is 9.67. The van der Waals surface area contributed by atoms with E-state index in [-0.39, 0.29) is 6.10 Å². The number of nitrogens with one attached hydrogen (secondary N) is 1. The summed E-state index contributed by atoms with van der Waals surface area (Å²) >= 11 is 0. The highest BCUT2D eigenvalue weighted by Gasteiger charge is 2.32. The van der Waals surface area contributed by atoms with Crippen LogP contribution in [0.1, 0.15) is 43.9 Å². The second-order valence-electron chi connectivity index (χ2n) is 6.54. The molecule has 2 unspecified atom stereocenters. The predicted molar refractivity (Wildman–Crippen MR) is 80.0 cm³/mol. The maximum Gasteiger partial charge on any atom is 0.0933 e. The summed E-state index contributed by atoms with van der Waals surface area (Å²) in [5.74, 6) is 0. The van der Waals surface area contributed by atoms with Crippen LogP contribution in [0, 0.1) is 0 Å². The predicted octanol–water partition coefficient (Wildman–Crippen LogP) is 2.80. The van der Waals surface area contributed by atoms with Gasteiger partial charge in [0.05, 0.1) is 25.9 Å². The molecule has 1 N–H and O–H groups in total. The number of hydrogen-bond acceptors (Lipinski definition) is 3. The van der Waals surface area contributed by atoms with Gasteiger partial charge in [-0.15, -0.1) is 0 Å². The topological polar surface area (TPSA) is 30.5 Å². The SMILES string of the molecule is CC1(C)CCC(NCC2COCCO2)c2ccccc21. The van der Waals surface area contributed by atoms with Gasteiger partial charge in [0.25, 0.3) is 0 Å². The zero-order chi connectivity index (χ0) is 14.0. The van der Waals surface area contributed by atoms with E-state index in [1.54, 1.807) is 0 Å². The molecule has 2 atom stereocenters. The van der Waals surface area contributed by atoms with Gasteiger partial charge < -0.3 is 14.8 Å². The summed E-state index contributed by atoms with van der Waals surface area (Å²) < 4.78 is 11.2. The lowest BCUT2D eigenvalue weighted by Crippen LogP contribution is -2.40. The summed E-state index contributed by atoms with van der Waals surface area (Å²) in [6.45, 7) is 7.74. The fourth-order valence-corrected chi connectivity index (χ4v) is 3.35. The maximum atomic E-state index is 5.71. The molecule has 1 heterocycles. The zero-order valence-electron chi connectivity index (χ0n) is 12.5. The third-order valence-electron chi connectivity index (χ3n) is 4.60. The van der Waals surface area contributed by atoms with E-state index in [0.717, 1.165) is 19.8 Å². The van der Waals surface area contributed by atoms with Gasteiger partial charge in [0.1, 0.15) is 0 Å². The molecule has 3 rings (SSSR count). The van der Waals surface area contributed by atoms with Gasteiger partial charge in [-0.2, -0.15) is 0 Å². The fourth-order valence-electron chi connectivity index (χ4n) is 3.35. The highest BCUT2D eigenvalue weighted by Crippen LogP contribution is 2.41. The Balaban J connectivity index is 1.68. The van der Waals surface area contributed by atoms with Crippen molar-refractivity contribution < 1.29 is 9.47 Å². The van der Waals surface area contributed by atoms with Crippen molar-refractivity contribution >= 4 is 0 Å². The molecule has 1 aliphatic heterocycles. The average molecular weight is 275 g/mol. The normalized spacial score (nSPS) is 28.9. The molecule has 0 bridgehead atoms. The first-order valence-electron chi connectivity index (χ1n) is 7.69. The second-order valence-corrected chi connectivity index (χ2v) is 6.54. The maximum absolute atomic E-state index is 5.71. The van der Waals surface area contributed by atoms with Gasteiger partial charge in [0.15, 0.2) is 0 Å². The van der Waals surface area contributed by atoms with Crippen molar-refractivity contribution in [3.05, 3.63) is 35.4 Å². The third kappa shape index (κ3) is 2.90. The number of rotatable bonds is 3. The summed E-state index contributed by atoms with van der Waals surface area (Å²) in [6, 6.07) is 9.30. The summed E-state index contributed by atoms with van der Waals surface area (Å²) in [5.41, 5.74) is 3.24. The monoisotopic (exact) mass is 275 g/mol. The summed E-state index contributed by atoms with van der Waals surface area (Å²) in [4.78, 5) is 0. The molecule has 3 nitrogen and oxygen atoms in total. The lowest BCUT2D eigenvalue weighted by Gasteiger charge is -2.38. The van der Waals surface area contributed by atoms with Crippen molar-refractivity contribution in [3.63, 3.8) is 0 Å². The van der Waals surface area contributed by atoms with Crippen LogP contribution >= 0.6 is 0 Å². The molecule has 0 amide bonds. The molecule has 1 fully saturated rings. The number of benzene rings is 1. The van der Waals surface area contributed by atoms with Gasteiger partial charge in [0, 0.05) is 12.6 Å². The number of fused-ring (bicyclic) bond motifs is 1. The molecule has 0 spiro atoms. The van der Waals surface area contributed by atoms with E-state index in [1.807, 2.05) is 0 Å². The molecule has 0 aromatic heterocycles. The van der Waals surface area contributed by atoms with Crippen LogP contribution in [0.15, 0.2) is 24.3 Å². The average Bonchev–Trinajstić information content (AvgIpc) is 2.48. The van der Waals surface area contributed by atoms with Crippen LogP contribution in [-0.4, -0.2) is 32.5 Å². The molecule has 3 heteroatoms. The Bertz CT molecular complexity index is 452. The first kappa shape index (κ1) is 14.1. The van der Waals surface area contributed by atoms with E-state index in [1.165, 1.54) is 24.0 Å².